The first-order chi connectivity index (χ1) is 28.1. The summed E-state index contributed by atoms with van der Waals surface area (Å²) in [6.07, 6.45) is 18.0. The lowest BCUT2D eigenvalue weighted by molar-refractivity contribution is 0.664. The Labute approximate surface area is 335 Å². The minimum Gasteiger partial charge on any atom is -0.310 e. The van der Waals surface area contributed by atoms with Gasteiger partial charge in [-0.15, -0.1) is 0 Å². The van der Waals surface area contributed by atoms with Crippen molar-refractivity contribution in [3.63, 3.8) is 0 Å². The molecule has 7 aromatic carbocycles. The van der Waals surface area contributed by atoms with Gasteiger partial charge in [0.25, 0.3) is 0 Å². The number of allylic oxidation sites excluding steroid dienone is 8. The fourth-order valence-corrected chi connectivity index (χ4v) is 9.96. The van der Waals surface area contributed by atoms with Crippen LogP contribution in [-0.2, 0) is 5.41 Å². The van der Waals surface area contributed by atoms with E-state index < -0.39 is 0 Å². The Morgan fingerprint density at radius 1 is 0.596 bits per heavy atom. The van der Waals surface area contributed by atoms with E-state index in [2.05, 4.69) is 205 Å². The molecule has 3 aliphatic rings. The van der Waals surface area contributed by atoms with Gasteiger partial charge in [-0.2, -0.15) is 0 Å². The first kappa shape index (κ1) is 33.7. The van der Waals surface area contributed by atoms with Crippen LogP contribution in [0.4, 0.5) is 17.1 Å². The van der Waals surface area contributed by atoms with Gasteiger partial charge in [0.05, 0.1) is 16.7 Å². The van der Waals surface area contributed by atoms with E-state index in [9.17, 15) is 0 Å². The lowest BCUT2D eigenvalue weighted by Gasteiger charge is -2.28. The fraction of sp³-hybridized carbons (Fsp3) is 0.127. The molecule has 0 saturated carbocycles. The maximum absolute atomic E-state index is 2.56. The second-order valence-corrected chi connectivity index (χ2v) is 16.3. The number of aromatic nitrogens is 1. The first-order valence-corrected chi connectivity index (χ1v) is 20.5. The molecular formula is C55H44N2. The zero-order valence-corrected chi connectivity index (χ0v) is 32.5. The number of hydrogen-bond acceptors (Lipinski definition) is 1. The third-order valence-electron chi connectivity index (χ3n) is 12.6. The SMILES string of the molecule is CC1(C)c2ccccc2-c2ccc3c4c5ccccc5c(N(c5ccc(C6=CCCC=C6)cc5)c5ccc(C6=CC=CCC6)cc5)cc4n(-c4ccccc4)c3c21. The van der Waals surface area contributed by atoms with E-state index in [1.165, 1.54) is 82.8 Å². The molecule has 0 fully saturated rings. The van der Waals surface area contributed by atoms with E-state index in [-0.39, 0.29) is 5.41 Å². The highest BCUT2D eigenvalue weighted by atomic mass is 15.1. The van der Waals surface area contributed by atoms with Crippen LogP contribution in [0.2, 0.25) is 0 Å². The number of para-hydroxylation sites is 1. The predicted octanol–water partition coefficient (Wildman–Crippen LogP) is 15.2. The number of anilines is 3. The molecule has 0 radical (unpaired) electrons. The number of hydrogen-bond donors (Lipinski definition) is 0. The smallest absolute Gasteiger partial charge is 0.0588 e. The van der Waals surface area contributed by atoms with Gasteiger partial charge in [0.15, 0.2) is 0 Å². The molecule has 0 amide bonds. The zero-order valence-electron chi connectivity index (χ0n) is 32.5. The third kappa shape index (κ3) is 5.31. The van der Waals surface area contributed by atoms with Gasteiger partial charge in [-0.3, -0.25) is 0 Å². The summed E-state index contributed by atoms with van der Waals surface area (Å²) in [5.74, 6) is 0. The van der Waals surface area contributed by atoms with Crippen LogP contribution in [0.3, 0.4) is 0 Å². The largest absolute Gasteiger partial charge is 0.310 e. The molecule has 2 heteroatoms. The summed E-state index contributed by atoms with van der Waals surface area (Å²) in [6.45, 7) is 4.81. The summed E-state index contributed by atoms with van der Waals surface area (Å²) in [5.41, 5.74) is 17.6. The molecule has 0 spiro atoms. The van der Waals surface area contributed by atoms with E-state index in [1.807, 2.05) is 0 Å². The van der Waals surface area contributed by atoms with Crippen molar-refractivity contribution in [3.8, 4) is 16.8 Å². The van der Waals surface area contributed by atoms with E-state index >= 15 is 0 Å². The van der Waals surface area contributed by atoms with Gasteiger partial charge < -0.3 is 9.47 Å². The van der Waals surface area contributed by atoms with Crippen molar-refractivity contribution >= 4 is 60.8 Å². The van der Waals surface area contributed by atoms with E-state index in [0.29, 0.717) is 0 Å². The highest BCUT2D eigenvalue weighted by molar-refractivity contribution is 6.26. The quantitative estimate of drug-likeness (QED) is 0.165. The summed E-state index contributed by atoms with van der Waals surface area (Å²) >= 11 is 0. The van der Waals surface area contributed by atoms with Crippen LogP contribution in [-0.4, -0.2) is 4.57 Å². The molecule has 1 aromatic heterocycles. The Balaban J connectivity index is 1.21. The Morgan fingerprint density at radius 2 is 1.32 bits per heavy atom. The van der Waals surface area contributed by atoms with E-state index in [4.69, 9.17) is 0 Å². The number of benzene rings is 7. The monoisotopic (exact) mass is 732 g/mol. The highest BCUT2D eigenvalue weighted by Crippen LogP contribution is 2.54. The maximum Gasteiger partial charge on any atom is 0.0588 e. The summed E-state index contributed by atoms with van der Waals surface area (Å²) in [4.78, 5) is 2.48. The molecular weight excluding hydrogens is 689 g/mol. The Hall–Kier alpha value is -6.64. The van der Waals surface area contributed by atoms with Gasteiger partial charge in [0.1, 0.15) is 0 Å². The minimum absolute atomic E-state index is 0.174. The van der Waals surface area contributed by atoms with Crippen molar-refractivity contribution in [2.45, 2.75) is 44.9 Å². The minimum atomic E-state index is -0.174. The summed E-state index contributed by atoms with van der Waals surface area (Å²) in [7, 11) is 0. The van der Waals surface area contributed by atoms with Gasteiger partial charge in [-0.05, 0) is 118 Å². The lowest BCUT2D eigenvalue weighted by Crippen LogP contribution is -2.16. The lowest BCUT2D eigenvalue weighted by atomic mass is 9.81. The predicted molar refractivity (Wildman–Crippen MR) is 243 cm³/mol. The number of nitrogens with zero attached hydrogens (tertiary/aromatic N) is 2. The molecule has 1 heterocycles. The zero-order chi connectivity index (χ0) is 38.1. The average molecular weight is 733 g/mol. The second kappa shape index (κ2) is 13.2. The Bertz CT molecular complexity index is 3000. The topological polar surface area (TPSA) is 8.17 Å². The van der Waals surface area contributed by atoms with Crippen molar-refractivity contribution < 1.29 is 0 Å². The highest BCUT2D eigenvalue weighted by Gasteiger charge is 2.38. The van der Waals surface area contributed by atoms with E-state index in [1.54, 1.807) is 0 Å². The van der Waals surface area contributed by atoms with Gasteiger partial charge in [-0.25, -0.2) is 0 Å². The van der Waals surface area contributed by atoms with Crippen molar-refractivity contribution in [3.05, 3.63) is 204 Å². The van der Waals surface area contributed by atoms with Crippen molar-refractivity contribution in [2.75, 3.05) is 4.90 Å². The third-order valence-corrected chi connectivity index (χ3v) is 12.6. The van der Waals surface area contributed by atoms with Crippen LogP contribution in [0.5, 0.6) is 0 Å². The van der Waals surface area contributed by atoms with Crippen molar-refractivity contribution in [2.24, 2.45) is 0 Å². The Morgan fingerprint density at radius 3 is 2.05 bits per heavy atom. The number of fused-ring (bicyclic) bond motifs is 9. The van der Waals surface area contributed by atoms with Crippen LogP contribution in [0.15, 0.2) is 182 Å². The molecule has 0 unspecified atom stereocenters. The van der Waals surface area contributed by atoms with Crippen LogP contribution in [0.25, 0.3) is 60.5 Å². The summed E-state index contributed by atoms with van der Waals surface area (Å²) in [6, 6.07) is 54.7. The molecule has 0 aliphatic heterocycles. The molecule has 0 N–H and O–H groups in total. The van der Waals surface area contributed by atoms with Gasteiger partial charge in [0.2, 0.25) is 0 Å². The molecule has 0 atom stereocenters. The van der Waals surface area contributed by atoms with Crippen LogP contribution < -0.4 is 4.90 Å². The molecule has 0 saturated heterocycles. The van der Waals surface area contributed by atoms with Crippen LogP contribution in [0, 0.1) is 0 Å². The van der Waals surface area contributed by atoms with Gasteiger partial charge >= 0.3 is 0 Å². The standard InChI is InChI=1S/C55H44N2/c1-55(2)49-25-15-14-22-44(49)47-34-35-48-52-46-24-13-12-23-45(46)50(36-51(52)57(54(48)53(47)55)41-20-10-5-11-21-41)56(42-30-26-39(27-31-42)37-16-6-3-7-17-37)43-32-28-40(29-33-43)38-18-8-4-9-19-38/h3,5-6,8,10-16,18-36H,4,7,9,17H2,1-2H3. The molecule has 274 valence electrons. The van der Waals surface area contributed by atoms with Crippen molar-refractivity contribution in [1.82, 2.24) is 4.57 Å². The fourth-order valence-electron chi connectivity index (χ4n) is 9.96. The summed E-state index contributed by atoms with van der Waals surface area (Å²) < 4.78 is 2.56. The van der Waals surface area contributed by atoms with Crippen LogP contribution in [0.1, 0.15) is 61.8 Å². The molecule has 11 rings (SSSR count). The average Bonchev–Trinajstić information content (AvgIpc) is 3.73. The molecule has 0 bridgehead atoms. The molecule has 3 aliphatic carbocycles. The first-order valence-electron chi connectivity index (χ1n) is 20.5. The number of rotatable bonds is 6. The second-order valence-electron chi connectivity index (χ2n) is 16.3. The maximum atomic E-state index is 2.56. The molecule has 2 nitrogen and oxygen atoms in total. The molecule has 8 aromatic rings. The van der Waals surface area contributed by atoms with Crippen LogP contribution >= 0.6 is 0 Å². The summed E-state index contributed by atoms with van der Waals surface area (Å²) in [5, 5.41) is 5.07. The van der Waals surface area contributed by atoms with E-state index in [0.717, 1.165) is 42.7 Å². The Kier molecular flexibility index (Phi) is 7.83. The van der Waals surface area contributed by atoms with Gasteiger partial charge in [0, 0.05) is 38.6 Å². The normalized spacial score (nSPS) is 15.5. The van der Waals surface area contributed by atoms with Gasteiger partial charge in [-0.1, -0.05) is 153 Å². The van der Waals surface area contributed by atoms with Crippen molar-refractivity contribution in [1.29, 1.82) is 0 Å². The molecule has 57 heavy (non-hydrogen) atoms.